The highest BCUT2D eigenvalue weighted by atomic mass is 16.4. The highest BCUT2D eigenvalue weighted by Crippen LogP contribution is 2.30. The average molecular weight is 511 g/mol. The van der Waals surface area contributed by atoms with Gasteiger partial charge in [0, 0.05) is 82.7 Å². The summed E-state index contributed by atoms with van der Waals surface area (Å²) in [5.41, 5.74) is 4.82. The van der Waals surface area contributed by atoms with Crippen LogP contribution in [0.2, 0.25) is 0 Å². The normalized spacial score (nSPS) is 21.4. The van der Waals surface area contributed by atoms with E-state index in [2.05, 4.69) is 88.9 Å². The monoisotopic (exact) mass is 510 g/mol. The fraction of sp³-hybridized carbons (Fsp3) is 0.567. The number of aliphatic carboxylic acids is 1. The summed E-state index contributed by atoms with van der Waals surface area (Å²) in [6.45, 7) is 19.8. The maximum absolute atomic E-state index is 10.2. The fourth-order valence-electron chi connectivity index (χ4n) is 5.55. The van der Waals surface area contributed by atoms with Crippen LogP contribution in [0.4, 0.5) is 11.4 Å². The number of hydrogen-bond acceptors (Lipinski definition) is 6. The standard InChI is InChI=1S/C28H42N4O.C2H4O2/c1-22-17-26(32-16-13-29(18-24(32)3)21-28(4,5)33)11-12-27(22)31-15-14-30(23(2)19-31)20-25-9-7-6-8-10-25;1-2(3)4/h6-12,17,23-24,33H,13-16,18-21H2,1-5H3;1H3,(H,3,4)/t23-,24+;/m1./s1. The van der Waals surface area contributed by atoms with Crippen LogP contribution in [0.25, 0.3) is 0 Å². The van der Waals surface area contributed by atoms with Gasteiger partial charge < -0.3 is 20.0 Å². The number of aliphatic hydroxyl groups is 1. The van der Waals surface area contributed by atoms with Crippen molar-refractivity contribution in [2.75, 3.05) is 55.6 Å². The first kappa shape index (κ1) is 29.0. The number of aryl methyl sites for hydroxylation is 1. The smallest absolute Gasteiger partial charge is 0.300 e. The first-order chi connectivity index (χ1) is 17.4. The molecule has 2 aliphatic rings. The molecule has 2 saturated heterocycles. The Balaban J connectivity index is 0.000000886. The quantitative estimate of drug-likeness (QED) is 0.607. The van der Waals surface area contributed by atoms with E-state index in [1.807, 2.05) is 13.8 Å². The second-order valence-corrected chi connectivity index (χ2v) is 11.3. The van der Waals surface area contributed by atoms with E-state index in [-0.39, 0.29) is 0 Å². The van der Waals surface area contributed by atoms with E-state index >= 15 is 0 Å². The van der Waals surface area contributed by atoms with E-state index in [0.717, 1.165) is 59.3 Å². The summed E-state index contributed by atoms with van der Waals surface area (Å²) in [6, 6.07) is 18.8. The molecule has 2 atom stereocenters. The molecule has 0 radical (unpaired) electrons. The molecule has 2 heterocycles. The van der Waals surface area contributed by atoms with Crippen LogP contribution in [0.5, 0.6) is 0 Å². The summed E-state index contributed by atoms with van der Waals surface area (Å²) in [5.74, 6) is -0.833. The van der Waals surface area contributed by atoms with Crippen LogP contribution in [-0.4, -0.2) is 89.5 Å². The van der Waals surface area contributed by atoms with Gasteiger partial charge in [0.25, 0.3) is 5.97 Å². The number of carboxylic acids is 1. The molecule has 37 heavy (non-hydrogen) atoms. The number of piperazine rings is 2. The van der Waals surface area contributed by atoms with Crippen LogP contribution in [0.1, 0.15) is 45.7 Å². The molecule has 0 saturated carbocycles. The Morgan fingerprint density at radius 3 is 2.22 bits per heavy atom. The van der Waals surface area contributed by atoms with Crippen molar-refractivity contribution in [1.29, 1.82) is 0 Å². The molecule has 0 unspecified atom stereocenters. The van der Waals surface area contributed by atoms with E-state index in [0.29, 0.717) is 12.1 Å². The minimum absolute atomic E-state index is 0.438. The first-order valence-electron chi connectivity index (χ1n) is 13.5. The second kappa shape index (κ2) is 12.8. The molecule has 7 heteroatoms. The van der Waals surface area contributed by atoms with Crippen LogP contribution in [-0.2, 0) is 11.3 Å². The van der Waals surface area contributed by atoms with Crippen molar-refractivity contribution in [3.05, 3.63) is 59.7 Å². The molecular formula is C30H46N4O3. The zero-order valence-electron chi connectivity index (χ0n) is 23.5. The van der Waals surface area contributed by atoms with Gasteiger partial charge in [0.2, 0.25) is 0 Å². The second-order valence-electron chi connectivity index (χ2n) is 11.3. The van der Waals surface area contributed by atoms with Crippen molar-refractivity contribution in [3.63, 3.8) is 0 Å². The molecule has 4 rings (SSSR count). The number of anilines is 2. The Labute approximate surface area is 223 Å². The molecule has 0 aromatic heterocycles. The lowest BCUT2D eigenvalue weighted by molar-refractivity contribution is -0.134. The summed E-state index contributed by atoms with van der Waals surface area (Å²) in [6.07, 6.45) is 0. The topological polar surface area (TPSA) is 70.5 Å². The highest BCUT2D eigenvalue weighted by Gasteiger charge is 2.28. The van der Waals surface area contributed by atoms with Crippen LogP contribution >= 0.6 is 0 Å². The zero-order chi connectivity index (χ0) is 27.2. The predicted octanol–water partition coefficient (Wildman–Crippen LogP) is 4.08. The van der Waals surface area contributed by atoms with Crippen molar-refractivity contribution >= 4 is 17.3 Å². The molecule has 0 spiro atoms. The van der Waals surface area contributed by atoms with Crippen molar-refractivity contribution in [3.8, 4) is 0 Å². The van der Waals surface area contributed by atoms with E-state index < -0.39 is 11.6 Å². The third-order valence-electron chi connectivity index (χ3n) is 7.17. The van der Waals surface area contributed by atoms with Crippen molar-refractivity contribution < 1.29 is 15.0 Å². The van der Waals surface area contributed by atoms with Crippen molar-refractivity contribution in [2.45, 2.75) is 65.8 Å². The minimum Gasteiger partial charge on any atom is -0.481 e. The van der Waals surface area contributed by atoms with Gasteiger partial charge in [-0.15, -0.1) is 0 Å². The molecule has 2 aromatic rings. The molecule has 0 bridgehead atoms. The number of carboxylic acid groups (broad SMARTS) is 1. The van der Waals surface area contributed by atoms with Gasteiger partial charge in [-0.3, -0.25) is 14.6 Å². The lowest BCUT2D eigenvalue weighted by Crippen LogP contribution is -2.54. The minimum atomic E-state index is -0.833. The number of β-amino-alcohol motifs (C(OH)–C–C–N with tert-alkyl or cyclic N) is 1. The molecule has 0 amide bonds. The summed E-state index contributed by atoms with van der Waals surface area (Å²) >= 11 is 0. The van der Waals surface area contributed by atoms with E-state index in [1.165, 1.54) is 22.5 Å². The van der Waals surface area contributed by atoms with Gasteiger partial charge in [-0.25, -0.2) is 0 Å². The molecule has 2 aromatic carbocycles. The molecule has 7 nitrogen and oxygen atoms in total. The Kier molecular flexibility index (Phi) is 9.99. The van der Waals surface area contributed by atoms with Gasteiger partial charge in [-0.05, 0) is 63.9 Å². The van der Waals surface area contributed by atoms with Gasteiger partial charge >= 0.3 is 0 Å². The molecule has 2 fully saturated rings. The van der Waals surface area contributed by atoms with Gasteiger partial charge in [-0.1, -0.05) is 30.3 Å². The largest absolute Gasteiger partial charge is 0.481 e. The maximum atomic E-state index is 10.2. The van der Waals surface area contributed by atoms with E-state index in [9.17, 15) is 5.11 Å². The highest BCUT2D eigenvalue weighted by molar-refractivity contribution is 5.63. The lowest BCUT2D eigenvalue weighted by atomic mass is 10.0. The Morgan fingerprint density at radius 1 is 0.973 bits per heavy atom. The third-order valence-corrected chi connectivity index (χ3v) is 7.17. The van der Waals surface area contributed by atoms with Crippen LogP contribution in [0.3, 0.4) is 0 Å². The van der Waals surface area contributed by atoms with Gasteiger partial charge in [0.1, 0.15) is 0 Å². The number of hydrogen-bond donors (Lipinski definition) is 2. The molecule has 2 N–H and O–H groups in total. The van der Waals surface area contributed by atoms with E-state index in [1.54, 1.807) is 0 Å². The Morgan fingerprint density at radius 2 is 1.65 bits per heavy atom. The summed E-state index contributed by atoms with van der Waals surface area (Å²) in [5, 5.41) is 17.6. The maximum Gasteiger partial charge on any atom is 0.300 e. The summed E-state index contributed by atoms with van der Waals surface area (Å²) in [7, 11) is 0. The van der Waals surface area contributed by atoms with Crippen LogP contribution < -0.4 is 9.80 Å². The van der Waals surface area contributed by atoms with E-state index in [4.69, 9.17) is 9.90 Å². The number of benzene rings is 2. The van der Waals surface area contributed by atoms with Crippen molar-refractivity contribution in [2.24, 2.45) is 0 Å². The fourth-order valence-corrected chi connectivity index (χ4v) is 5.55. The average Bonchev–Trinajstić information content (AvgIpc) is 2.80. The Bertz CT molecular complexity index is 1000. The zero-order valence-corrected chi connectivity index (χ0v) is 23.5. The first-order valence-corrected chi connectivity index (χ1v) is 13.5. The number of carbonyl (C=O) groups is 1. The van der Waals surface area contributed by atoms with Crippen LogP contribution in [0, 0.1) is 6.92 Å². The summed E-state index contributed by atoms with van der Waals surface area (Å²) < 4.78 is 0. The molecule has 204 valence electrons. The molecule has 0 aliphatic carbocycles. The van der Waals surface area contributed by atoms with Gasteiger partial charge in [0.05, 0.1) is 5.60 Å². The lowest BCUT2D eigenvalue weighted by Gasteiger charge is -2.43. The Hall–Kier alpha value is -2.61. The number of rotatable bonds is 6. The molecule has 2 aliphatic heterocycles. The van der Waals surface area contributed by atoms with Gasteiger partial charge in [-0.2, -0.15) is 0 Å². The third kappa shape index (κ3) is 8.73. The SMILES string of the molecule is CC(=O)O.Cc1cc(N2CCN(CC(C)(C)O)C[C@@H]2C)ccc1N1CCN(Cc2ccccc2)[C@H](C)C1. The number of nitrogens with zero attached hydrogens (tertiary/aromatic N) is 4. The predicted molar refractivity (Wildman–Crippen MR) is 153 cm³/mol. The van der Waals surface area contributed by atoms with Crippen LogP contribution in [0.15, 0.2) is 48.5 Å². The van der Waals surface area contributed by atoms with Crippen molar-refractivity contribution in [1.82, 2.24) is 9.80 Å². The summed E-state index contributed by atoms with van der Waals surface area (Å²) in [4.78, 5) is 19.1. The molecular weight excluding hydrogens is 464 g/mol. The van der Waals surface area contributed by atoms with Gasteiger partial charge in [0.15, 0.2) is 0 Å².